The van der Waals surface area contributed by atoms with Crippen LogP contribution >= 0.6 is 0 Å². The van der Waals surface area contributed by atoms with Crippen LogP contribution in [0.1, 0.15) is 28.4 Å². The first-order valence-electron chi connectivity index (χ1n) is 9.84. The Morgan fingerprint density at radius 2 is 1.58 bits per heavy atom. The molecule has 2 heterocycles. The number of nitrogen functional groups attached to an aromatic ring is 1. The molecule has 4 rings (SSSR count). The van der Waals surface area contributed by atoms with Gasteiger partial charge in [0.1, 0.15) is 12.0 Å². The molecule has 0 spiro atoms. The van der Waals surface area contributed by atoms with Gasteiger partial charge >= 0.3 is 0 Å². The van der Waals surface area contributed by atoms with Gasteiger partial charge in [0.2, 0.25) is 5.91 Å². The molecule has 0 aliphatic rings. The largest absolute Gasteiger partial charge is 0.393 e. The van der Waals surface area contributed by atoms with Gasteiger partial charge in [0.05, 0.1) is 11.6 Å². The van der Waals surface area contributed by atoms with Crippen LogP contribution in [0.2, 0.25) is 0 Å². The van der Waals surface area contributed by atoms with E-state index in [0.717, 1.165) is 22.5 Å². The van der Waals surface area contributed by atoms with E-state index in [2.05, 4.69) is 25.9 Å². The van der Waals surface area contributed by atoms with Crippen molar-refractivity contribution < 1.29 is 4.79 Å². The second kappa shape index (κ2) is 8.66. The quantitative estimate of drug-likeness (QED) is 0.419. The van der Waals surface area contributed by atoms with Gasteiger partial charge in [-0.15, -0.1) is 0 Å². The third-order valence-corrected chi connectivity index (χ3v) is 4.91. The van der Waals surface area contributed by atoms with E-state index < -0.39 is 5.92 Å². The summed E-state index contributed by atoms with van der Waals surface area (Å²) in [6.45, 7) is 3.81. The molecule has 2 aromatic carbocycles. The summed E-state index contributed by atoms with van der Waals surface area (Å²) >= 11 is 0. The maximum absolute atomic E-state index is 13.2. The van der Waals surface area contributed by atoms with Gasteiger partial charge in [0.25, 0.3) is 0 Å². The summed E-state index contributed by atoms with van der Waals surface area (Å²) in [5, 5.41) is 4.42. The molecule has 0 unspecified atom stereocenters. The molecular weight excluding hydrogens is 390 g/mol. The Balaban J connectivity index is 1.59. The van der Waals surface area contributed by atoms with Crippen LogP contribution in [0, 0.1) is 13.8 Å². The van der Waals surface area contributed by atoms with Gasteiger partial charge < -0.3 is 5.73 Å². The van der Waals surface area contributed by atoms with Gasteiger partial charge in [0, 0.05) is 5.69 Å². The Morgan fingerprint density at radius 1 is 0.968 bits per heavy atom. The summed E-state index contributed by atoms with van der Waals surface area (Å²) in [5.74, 6) is 0.0160. The van der Waals surface area contributed by atoms with E-state index in [1.807, 2.05) is 80.6 Å². The number of nitrogens with zero attached hydrogens (tertiary/aromatic N) is 4. The minimum absolute atomic E-state index is 0.233. The van der Waals surface area contributed by atoms with Gasteiger partial charge in [-0.05, 0) is 31.0 Å². The highest BCUT2D eigenvalue weighted by Crippen LogP contribution is 2.26. The molecule has 4 aromatic rings. The van der Waals surface area contributed by atoms with Crippen molar-refractivity contribution in [3.63, 3.8) is 0 Å². The van der Waals surface area contributed by atoms with Crippen LogP contribution in [0.15, 0.2) is 73.1 Å². The molecule has 0 radical (unpaired) electrons. The van der Waals surface area contributed by atoms with Crippen LogP contribution < -0.4 is 16.6 Å². The number of benzene rings is 2. The zero-order valence-electron chi connectivity index (χ0n) is 17.3. The summed E-state index contributed by atoms with van der Waals surface area (Å²) in [5.41, 5.74) is 15.7. The fourth-order valence-electron chi connectivity index (χ4n) is 3.48. The molecule has 0 aliphatic heterocycles. The summed E-state index contributed by atoms with van der Waals surface area (Å²) in [4.78, 5) is 21.6. The Labute approximate surface area is 180 Å². The zero-order valence-corrected chi connectivity index (χ0v) is 17.3. The fraction of sp³-hybridized carbons (Fsp3) is 0.130. The molecule has 0 atom stereocenters. The second-order valence-electron chi connectivity index (χ2n) is 7.17. The summed E-state index contributed by atoms with van der Waals surface area (Å²) in [6.07, 6.45) is 1.38. The Hall–Kier alpha value is -4.20. The van der Waals surface area contributed by atoms with E-state index in [9.17, 15) is 4.79 Å². The molecule has 4 N–H and O–H groups in total. The highest BCUT2D eigenvalue weighted by Gasteiger charge is 2.23. The number of hydrogen-bond donors (Lipinski definition) is 3. The number of carbonyl (C=O) groups is 1. The molecule has 31 heavy (non-hydrogen) atoms. The molecule has 2 aromatic heterocycles. The highest BCUT2D eigenvalue weighted by atomic mass is 16.2. The molecule has 0 aliphatic carbocycles. The average molecular weight is 413 g/mol. The zero-order chi connectivity index (χ0) is 21.8. The number of nitrogens with one attached hydrogen (secondary N) is 2. The third-order valence-electron chi connectivity index (χ3n) is 4.91. The standard InChI is InChI=1S/C23H23N7O/c1-15-13-16(2)30(29-15)22-20(24)21(25-14-26-22)27-28-23(31)19(17-9-5-3-6-10-17)18-11-7-4-8-12-18/h3-14,19H,24H2,1-2H3,(H,28,31)(H,25,26,27). The van der Waals surface area contributed by atoms with E-state index >= 15 is 0 Å². The number of aromatic nitrogens is 4. The lowest BCUT2D eigenvalue weighted by molar-refractivity contribution is -0.121. The number of anilines is 2. The molecule has 8 nitrogen and oxygen atoms in total. The smallest absolute Gasteiger partial charge is 0.250 e. The van der Waals surface area contributed by atoms with Crippen LogP contribution in [0.4, 0.5) is 11.5 Å². The minimum Gasteiger partial charge on any atom is -0.393 e. The predicted molar refractivity (Wildman–Crippen MR) is 120 cm³/mol. The third kappa shape index (κ3) is 4.23. The number of aryl methyl sites for hydroxylation is 2. The Bertz CT molecular complexity index is 1150. The van der Waals surface area contributed by atoms with Crippen LogP contribution in [0.3, 0.4) is 0 Å². The van der Waals surface area contributed by atoms with Crippen LogP contribution in [0.25, 0.3) is 5.82 Å². The van der Waals surface area contributed by atoms with Crippen molar-refractivity contribution in [1.82, 2.24) is 25.2 Å². The Morgan fingerprint density at radius 3 is 2.13 bits per heavy atom. The van der Waals surface area contributed by atoms with Crippen LogP contribution in [-0.2, 0) is 4.79 Å². The molecule has 0 saturated heterocycles. The van der Waals surface area contributed by atoms with Crippen molar-refractivity contribution in [2.45, 2.75) is 19.8 Å². The van der Waals surface area contributed by atoms with Crippen molar-refractivity contribution in [2.75, 3.05) is 11.2 Å². The number of nitrogens with two attached hydrogens (primary N) is 1. The number of carbonyl (C=O) groups excluding carboxylic acids is 1. The number of amides is 1. The van der Waals surface area contributed by atoms with Gasteiger partial charge in [-0.2, -0.15) is 5.10 Å². The van der Waals surface area contributed by atoms with E-state index in [-0.39, 0.29) is 11.6 Å². The summed E-state index contributed by atoms with van der Waals surface area (Å²) < 4.78 is 1.65. The van der Waals surface area contributed by atoms with Crippen molar-refractivity contribution >= 4 is 17.4 Å². The first kappa shape index (κ1) is 20.1. The van der Waals surface area contributed by atoms with Crippen molar-refractivity contribution in [1.29, 1.82) is 0 Å². The van der Waals surface area contributed by atoms with Crippen LogP contribution in [0.5, 0.6) is 0 Å². The predicted octanol–water partition coefficient (Wildman–Crippen LogP) is 3.14. The van der Waals surface area contributed by atoms with E-state index in [4.69, 9.17) is 5.73 Å². The first-order valence-corrected chi connectivity index (χ1v) is 9.84. The molecule has 1 amide bonds. The van der Waals surface area contributed by atoms with E-state index in [1.165, 1.54) is 6.33 Å². The second-order valence-corrected chi connectivity index (χ2v) is 7.17. The van der Waals surface area contributed by atoms with Gasteiger partial charge in [-0.3, -0.25) is 15.6 Å². The maximum Gasteiger partial charge on any atom is 0.250 e. The van der Waals surface area contributed by atoms with Gasteiger partial charge in [-0.25, -0.2) is 14.6 Å². The average Bonchev–Trinajstić information content (AvgIpc) is 3.12. The highest BCUT2D eigenvalue weighted by molar-refractivity contribution is 5.88. The van der Waals surface area contributed by atoms with E-state index in [0.29, 0.717) is 11.6 Å². The number of hydrazine groups is 1. The van der Waals surface area contributed by atoms with Crippen molar-refractivity contribution in [2.24, 2.45) is 0 Å². The molecule has 0 saturated carbocycles. The monoisotopic (exact) mass is 413 g/mol. The molecule has 0 bridgehead atoms. The molecule has 156 valence electrons. The lowest BCUT2D eigenvalue weighted by Crippen LogP contribution is -2.35. The first-order chi connectivity index (χ1) is 15.0. The maximum atomic E-state index is 13.2. The SMILES string of the molecule is Cc1cc(C)n(-c2ncnc(NNC(=O)C(c3ccccc3)c3ccccc3)c2N)n1. The number of hydrogen-bond acceptors (Lipinski definition) is 6. The van der Waals surface area contributed by atoms with Gasteiger partial charge in [-0.1, -0.05) is 60.7 Å². The summed E-state index contributed by atoms with van der Waals surface area (Å²) in [7, 11) is 0. The lowest BCUT2D eigenvalue weighted by atomic mass is 9.91. The molecule has 8 heteroatoms. The summed E-state index contributed by atoms with van der Waals surface area (Å²) in [6, 6.07) is 21.1. The molecular formula is C23H23N7O. The van der Waals surface area contributed by atoms with Crippen LogP contribution in [-0.4, -0.2) is 25.7 Å². The minimum atomic E-state index is -0.492. The van der Waals surface area contributed by atoms with Gasteiger partial charge in [0.15, 0.2) is 11.6 Å². The van der Waals surface area contributed by atoms with Crippen molar-refractivity contribution in [3.05, 3.63) is 95.6 Å². The fourth-order valence-corrected chi connectivity index (χ4v) is 3.48. The lowest BCUT2D eigenvalue weighted by Gasteiger charge is -2.19. The molecule has 0 fully saturated rings. The van der Waals surface area contributed by atoms with E-state index in [1.54, 1.807) is 4.68 Å². The topological polar surface area (TPSA) is 111 Å². The van der Waals surface area contributed by atoms with Crippen molar-refractivity contribution in [3.8, 4) is 5.82 Å². The number of rotatable bonds is 6. The Kier molecular flexibility index (Phi) is 5.61. The normalized spacial score (nSPS) is 10.8.